The molecule has 96 valence electrons. The molecule has 0 saturated carbocycles. The van der Waals surface area contributed by atoms with Gasteiger partial charge in [-0.3, -0.25) is 0 Å². The van der Waals surface area contributed by atoms with Gasteiger partial charge in [0.25, 0.3) is 0 Å². The summed E-state index contributed by atoms with van der Waals surface area (Å²) >= 11 is 0. The van der Waals surface area contributed by atoms with Gasteiger partial charge in [0.15, 0.2) is 0 Å². The molecule has 1 N–H and O–H groups in total. The molecule has 1 rings (SSSR count). The smallest absolute Gasteiger partial charge is 0.118 e. The van der Waals surface area contributed by atoms with Crippen molar-refractivity contribution in [2.24, 2.45) is 0 Å². The predicted molar refractivity (Wildman–Crippen MR) is 73.7 cm³/mol. The van der Waals surface area contributed by atoms with Crippen molar-refractivity contribution in [1.29, 1.82) is 0 Å². The third-order valence-corrected chi connectivity index (χ3v) is 2.96. The molecule has 0 aliphatic rings. The van der Waals surface area contributed by atoms with Crippen LogP contribution in [0.4, 0.5) is 0 Å². The molecule has 0 amide bonds. The highest BCUT2D eigenvalue weighted by molar-refractivity contribution is 5.27. The van der Waals surface area contributed by atoms with Crippen LogP contribution in [0.15, 0.2) is 24.3 Å². The van der Waals surface area contributed by atoms with Crippen LogP contribution in [0.1, 0.15) is 38.7 Å². The molecule has 1 aromatic rings. The zero-order chi connectivity index (χ0) is 12.5. The topological polar surface area (TPSA) is 21.3 Å². The Morgan fingerprint density at radius 2 is 1.82 bits per heavy atom. The minimum absolute atomic E-state index is 0.605. The molecular formula is C15H25NO. The van der Waals surface area contributed by atoms with Crippen LogP contribution in [0.3, 0.4) is 0 Å². The summed E-state index contributed by atoms with van der Waals surface area (Å²) in [5.74, 6) is 0.933. The van der Waals surface area contributed by atoms with E-state index in [2.05, 4.69) is 31.3 Å². The second-order valence-corrected chi connectivity index (χ2v) is 4.49. The largest absolute Gasteiger partial charge is 0.497 e. The predicted octanol–water partition coefficient (Wildman–Crippen LogP) is 3.41. The molecular weight excluding hydrogens is 210 g/mol. The first-order chi connectivity index (χ1) is 8.30. The van der Waals surface area contributed by atoms with E-state index in [1.165, 1.54) is 24.8 Å². The summed E-state index contributed by atoms with van der Waals surface area (Å²) in [6.45, 7) is 5.57. The number of ether oxygens (including phenoxy) is 1. The van der Waals surface area contributed by atoms with Crippen molar-refractivity contribution in [3.63, 3.8) is 0 Å². The summed E-state index contributed by atoms with van der Waals surface area (Å²) in [6.07, 6.45) is 4.78. The van der Waals surface area contributed by atoms with Crippen molar-refractivity contribution in [2.75, 3.05) is 13.7 Å². The van der Waals surface area contributed by atoms with Gasteiger partial charge in [-0.25, -0.2) is 0 Å². The molecule has 0 aromatic heterocycles. The summed E-state index contributed by atoms with van der Waals surface area (Å²) in [5.41, 5.74) is 1.38. The van der Waals surface area contributed by atoms with Gasteiger partial charge in [0.1, 0.15) is 5.75 Å². The zero-order valence-corrected chi connectivity index (χ0v) is 11.3. The van der Waals surface area contributed by atoms with Crippen molar-refractivity contribution >= 4 is 0 Å². The molecule has 2 nitrogen and oxygen atoms in total. The SMILES string of the molecule is CCCNC(CCC)Cc1ccc(OC)cc1. The summed E-state index contributed by atoms with van der Waals surface area (Å²) in [5, 5.41) is 3.62. The van der Waals surface area contributed by atoms with Gasteiger partial charge in [-0.2, -0.15) is 0 Å². The molecule has 0 spiro atoms. The van der Waals surface area contributed by atoms with Crippen LogP contribution < -0.4 is 10.1 Å². The fourth-order valence-corrected chi connectivity index (χ4v) is 2.02. The first kappa shape index (κ1) is 14.0. The number of nitrogens with one attached hydrogen (secondary N) is 1. The Kier molecular flexibility index (Phi) is 6.71. The van der Waals surface area contributed by atoms with Gasteiger partial charge in [-0.05, 0) is 43.5 Å². The van der Waals surface area contributed by atoms with Crippen molar-refractivity contribution in [3.05, 3.63) is 29.8 Å². The lowest BCUT2D eigenvalue weighted by molar-refractivity contribution is 0.414. The molecule has 1 aromatic carbocycles. The van der Waals surface area contributed by atoms with Gasteiger partial charge in [0, 0.05) is 6.04 Å². The van der Waals surface area contributed by atoms with Crippen LogP contribution in [0.2, 0.25) is 0 Å². The van der Waals surface area contributed by atoms with Gasteiger partial charge in [0.2, 0.25) is 0 Å². The van der Waals surface area contributed by atoms with Gasteiger partial charge in [-0.1, -0.05) is 32.4 Å². The number of methoxy groups -OCH3 is 1. The highest BCUT2D eigenvalue weighted by Crippen LogP contribution is 2.14. The molecule has 0 bridgehead atoms. The summed E-state index contributed by atoms with van der Waals surface area (Å²) in [6, 6.07) is 9.01. The Hall–Kier alpha value is -1.02. The highest BCUT2D eigenvalue weighted by Gasteiger charge is 2.07. The molecule has 1 atom stereocenters. The van der Waals surface area contributed by atoms with E-state index in [-0.39, 0.29) is 0 Å². The fraction of sp³-hybridized carbons (Fsp3) is 0.600. The number of rotatable bonds is 8. The molecule has 1 unspecified atom stereocenters. The van der Waals surface area contributed by atoms with Gasteiger partial charge < -0.3 is 10.1 Å². The number of hydrogen-bond acceptors (Lipinski definition) is 2. The minimum atomic E-state index is 0.605. The van der Waals surface area contributed by atoms with Gasteiger partial charge in [-0.15, -0.1) is 0 Å². The van der Waals surface area contributed by atoms with E-state index >= 15 is 0 Å². The van der Waals surface area contributed by atoms with E-state index in [9.17, 15) is 0 Å². The standard InChI is InChI=1S/C15H25NO/c1-4-6-14(16-11-5-2)12-13-7-9-15(17-3)10-8-13/h7-10,14,16H,4-6,11-12H2,1-3H3. The lowest BCUT2D eigenvalue weighted by Gasteiger charge is -2.18. The lowest BCUT2D eigenvalue weighted by Crippen LogP contribution is -2.31. The van der Waals surface area contributed by atoms with Crippen LogP contribution in [0, 0.1) is 0 Å². The second-order valence-electron chi connectivity index (χ2n) is 4.49. The van der Waals surface area contributed by atoms with E-state index in [4.69, 9.17) is 4.74 Å². The summed E-state index contributed by atoms with van der Waals surface area (Å²) < 4.78 is 5.17. The molecule has 0 saturated heterocycles. The van der Waals surface area contributed by atoms with Gasteiger partial charge in [0.05, 0.1) is 7.11 Å². The van der Waals surface area contributed by atoms with Crippen LogP contribution in [-0.4, -0.2) is 19.7 Å². The monoisotopic (exact) mass is 235 g/mol. The molecule has 0 fully saturated rings. The Labute approximate surface area is 105 Å². The zero-order valence-electron chi connectivity index (χ0n) is 11.3. The second kappa shape index (κ2) is 8.13. The molecule has 0 radical (unpaired) electrons. The van der Waals surface area contributed by atoms with Crippen molar-refractivity contribution in [1.82, 2.24) is 5.32 Å². The summed E-state index contributed by atoms with van der Waals surface area (Å²) in [7, 11) is 1.71. The van der Waals surface area contributed by atoms with Crippen LogP contribution in [-0.2, 0) is 6.42 Å². The molecule has 0 aliphatic heterocycles. The Balaban J connectivity index is 2.51. The first-order valence-corrected chi connectivity index (χ1v) is 6.66. The Morgan fingerprint density at radius 3 is 2.35 bits per heavy atom. The number of hydrogen-bond donors (Lipinski definition) is 1. The van der Waals surface area contributed by atoms with Crippen molar-refractivity contribution in [2.45, 2.75) is 45.6 Å². The average molecular weight is 235 g/mol. The molecule has 0 aliphatic carbocycles. The van der Waals surface area contributed by atoms with Crippen molar-refractivity contribution in [3.8, 4) is 5.75 Å². The quantitative estimate of drug-likeness (QED) is 0.745. The maximum Gasteiger partial charge on any atom is 0.118 e. The van der Waals surface area contributed by atoms with Crippen LogP contribution >= 0.6 is 0 Å². The number of benzene rings is 1. The normalized spacial score (nSPS) is 12.4. The first-order valence-electron chi connectivity index (χ1n) is 6.66. The van der Waals surface area contributed by atoms with Gasteiger partial charge >= 0.3 is 0 Å². The van der Waals surface area contributed by atoms with E-state index in [1.807, 2.05) is 12.1 Å². The third-order valence-electron chi connectivity index (χ3n) is 2.96. The average Bonchev–Trinajstić information content (AvgIpc) is 2.37. The summed E-state index contributed by atoms with van der Waals surface area (Å²) in [4.78, 5) is 0. The van der Waals surface area contributed by atoms with E-state index in [0.29, 0.717) is 6.04 Å². The van der Waals surface area contributed by atoms with E-state index < -0.39 is 0 Å². The molecule has 2 heteroatoms. The van der Waals surface area contributed by atoms with E-state index in [0.717, 1.165) is 18.7 Å². The Morgan fingerprint density at radius 1 is 1.12 bits per heavy atom. The highest BCUT2D eigenvalue weighted by atomic mass is 16.5. The van der Waals surface area contributed by atoms with Crippen molar-refractivity contribution < 1.29 is 4.74 Å². The third kappa shape index (κ3) is 5.22. The lowest BCUT2D eigenvalue weighted by atomic mass is 10.0. The molecule has 0 heterocycles. The van der Waals surface area contributed by atoms with Crippen LogP contribution in [0.25, 0.3) is 0 Å². The molecule has 17 heavy (non-hydrogen) atoms. The minimum Gasteiger partial charge on any atom is -0.497 e. The fourth-order valence-electron chi connectivity index (χ4n) is 2.02. The Bertz CT molecular complexity index is 294. The maximum atomic E-state index is 5.17. The van der Waals surface area contributed by atoms with E-state index in [1.54, 1.807) is 7.11 Å². The maximum absolute atomic E-state index is 5.17. The van der Waals surface area contributed by atoms with Crippen LogP contribution in [0.5, 0.6) is 5.75 Å².